The Hall–Kier alpha value is -1.35. The van der Waals surface area contributed by atoms with Crippen LogP contribution >= 0.6 is 0 Å². The number of amides is 1. The van der Waals surface area contributed by atoms with Gasteiger partial charge in [-0.05, 0) is 43.4 Å². The normalized spacial score (nSPS) is 16.9. The van der Waals surface area contributed by atoms with Crippen molar-refractivity contribution in [2.24, 2.45) is 5.73 Å². The van der Waals surface area contributed by atoms with Gasteiger partial charge in [-0.1, -0.05) is 12.1 Å². The van der Waals surface area contributed by atoms with Crippen molar-refractivity contribution in [3.8, 4) is 0 Å². The first kappa shape index (κ1) is 12.1. The van der Waals surface area contributed by atoms with Crippen LogP contribution < -0.4 is 10.6 Å². The average Bonchev–Trinajstić information content (AvgIpc) is 2.31. The Morgan fingerprint density at radius 3 is 2.88 bits per heavy atom. The zero-order chi connectivity index (χ0) is 12.4. The average molecular weight is 232 g/mol. The first-order valence-electron chi connectivity index (χ1n) is 6.22. The van der Waals surface area contributed by atoms with Gasteiger partial charge in [-0.3, -0.25) is 4.79 Å². The maximum atomic E-state index is 11.6. The minimum atomic E-state index is 0.209. The van der Waals surface area contributed by atoms with Crippen molar-refractivity contribution >= 4 is 11.6 Å². The van der Waals surface area contributed by atoms with Crippen molar-refractivity contribution in [2.75, 3.05) is 11.9 Å². The van der Waals surface area contributed by atoms with E-state index in [1.54, 1.807) is 4.90 Å². The lowest BCUT2D eigenvalue weighted by molar-refractivity contribution is -0.118. The predicted molar refractivity (Wildman–Crippen MR) is 70.1 cm³/mol. The molecule has 1 aliphatic rings. The predicted octanol–water partition coefficient (Wildman–Crippen LogP) is 1.88. The summed E-state index contributed by atoms with van der Waals surface area (Å²) in [6.07, 6.45) is 3.51. The molecule has 0 saturated heterocycles. The minimum Gasteiger partial charge on any atom is -0.328 e. The standard InChI is InChI=1S/C14H20N2O/c1-10(15)3-4-11-5-7-13-12(9-11)6-8-14(17)16(13)2/h5,7,9-10H,3-4,6,8,15H2,1-2H3. The summed E-state index contributed by atoms with van der Waals surface area (Å²) >= 11 is 0. The molecule has 17 heavy (non-hydrogen) atoms. The number of hydrogen-bond acceptors (Lipinski definition) is 2. The molecular formula is C14H20N2O. The molecule has 1 amide bonds. The zero-order valence-electron chi connectivity index (χ0n) is 10.6. The van der Waals surface area contributed by atoms with E-state index in [0.717, 1.165) is 24.9 Å². The Morgan fingerprint density at radius 2 is 2.18 bits per heavy atom. The molecule has 2 N–H and O–H groups in total. The van der Waals surface area contributed by atoms with E-state index in [1.165, 1.54) is 11.1 Å². The van der Waals surface area contributed by atoms with E-state index >= 15 is 0 Å². The number of nitrogens with two attached hydrogens (primary N) is 1. The minimum absolute atomic E-state index is 0.209. The van der Waals surface area contributed by atoms with Crippen molar-refractivity contribution in [1.29, 1.82) is 0 Å². The van der Waals surface area contributed by atoms with Gasteiger partial charge in [0, 0.05) is 25.2 Å². The summed E-state index contributed by atoms with van der Waals surface area (Å²) in [5.74, 6) is 0.209. The summed E-state index contributed by atoms with van der Waals surface area (Å²) in [5, 5.41) is 0. The molecule has 1 atom stereocenters. The second-order valence-electron chi connectivity index (χ2n) is 4.93. The molecule has 92 valence electrons. The van der Waals surface area contributed by atoms with Crippen molar-refractivity contribution in [3.63, 3.8) is 0 Å². The first-order chi connectivity index (χ1) is 8.08. The molecule has 0 fully saturated rings. The molecule has 0 saturated carbocycles. The van der Waals surface area contributed by atoms with Gasteiger partial charge in [-0.15, -0.1) is 0 Å². The number of carbonyl (C=O) groups is 1. The van der Waals surface area contributed by atoms with Crippen LogP contribution in [0, 0.1) is 0 Å². The third kappa shape index (κ3) is 2.67. The van der Waals surface area contributed by atoms with Crippen LogP contribution in [0.15, 0.2) is 18.2 Å². The largest absolute Gasteiger partial charge is 0.328 e. The van der Waals surface area contributed by atoms with E-state index in [4.69, 9.17) is 5.73 Å². The molecule has 3 nitrogen and oxygen atoms in total. The van der Waals surface area contributed by atoms with Crippen LogP contribution in [0.2, 0.25) is 0 Å². The molecule has 1 unspecified atom stereocenters. The molecule has 2 rings (SSSR count). The molecule has 0 aromatic heterocycles. The molecule has 3 heteroatoms. The summed E-state index contributed by atoms with van der Waals surface area (Å²) in [4.78, 5) is 13.3. The van der Waals surface area contributed by atoms with E-state index in [1.807, 2.05) is 14.0 Å². The fourth-order valence-corrected chi connectivity index (χ4v) is 2.26. The summed E-state index contributed by atoms with van der Waals surface area (Å²) in [6.45, 7) is 2.03. The van der Waals surface area contributed by atoms with Gasteiger partial charge in [0.15, 0.2) is 0 Å². The van der Waals surface area contributed by atoms with Crippen LogP contribution in [0.25, 0.3) is 0 Å². The Kier molecular flexibility index (Phi) is 3.48. The molecule has 1 aliphatic heterocycles. The Morgan fingerprint density at radius 1 is 1.41 bits per heavy atom. The maximum absolute atomic E-state index is 11.6. The molecule has 0 radical (unpaired) electrons. The van der Waals surface area contributed by atoms with Crippen LogP contribution in [0.1, 0.15) is 30.9 Å². The fraction of sp³-hybridized carbons (Fsp3) is 0.500. The number of aryl methyl sites for hydroxylation is 2. The number of benzene rings is 1. The third-order valence-corrected chi connectivity index (χ3v) is 3.38. The quantitative estimate of drug-likeness (QED) is 0.865. The van der Waals surface area contributed by atoms with Gasteiger partial charge in [0.25, 0.3) is 0 Å². The molecule has 1 heterocycles. The Labute approximate surface area is 103 Å². The first-order valence-corrected chi connectivity index (χ1v) is 6.22. The van der Waals surface area contributed by atoms with E-state index in [-0.39, 0.29) is 11.9 Å². The number of hydrogen-bond donors (Lipinski definition) is 1. The van der Waals surface area contributed by atoms with Crippen LogP contribution in [0.4, 0.5) is 5.69 Å². The van der Waals surface area contributed by atoms with E-state index in [2.05, 4.69) is 18.2 Å². The Balaban J connectivity index is 2.17. The van der Waals surface area contributed by atoms with Crippen LogP contribution in [-0.4, -0.2) is 19.0 Å². The second-order valence-corrected chi connectivity index (χ2v) is 4.93. The molecule has 0 spiro atoms. The summed E-state index contributed by atoms with van der Waals surface area (Å²) in [6, 6.07) is 6.63. The number of anilines is 1. The number of nitrogens with zero attached hydrogens (tertiary/aromatic N) is 1. The van der Waals surface area contributed by atoms with Crippen molar-refractivity contribution in [1.82, 2.24) is 0 Å². The highest BCUT2D eigenvalue weighted by atomic mass is 16.2. The van der Waals surface area contributed by atoms with E-state index < -0.39 is 0 Å². The van der Waals surface area contributed by atoms with Crippen LogP contribution in [-0.2, 0) is 17.6 Å². The topological polar surface area (TPSA) is 46.3 Å². The summed E-state index contributed by atoms with van der Waals surface area (Å²) < 4.78 is 0. The smallest absolute Gasteiger partial charge is 0.227 e. The lowest BCUT2D eigenvalue weighted by Crippen LogP contribution is -2.31. The van der Waals surface area contributed by atoms with Gasteiger partial charge in [0.2, 0.25) is 5.91 Å². The van der Waals surface area contributed by atoms with Gasteiger partial charge in [0.1, 0.15) is 0 Å². The highest BCUT2D eigenvalue weighted by Gasteiger charge is 2.20. The van der Waals surface area contributed by atoms with Crippen molar-refractivity contribution < 1.29 is 4.79 Å². The lowest BCUT2D eigenvalue weighted by Gasteiger charge is -2.26. The highest BCUT2D eigenvalue weighted by Crippen LogP contribution is 2.27. The van der Waals surface area contributed by atoms with Crippen molar-refractivity contribution in [3.05, 3.63) is 29.3 Å². The molecule has 0 bridgehead atoms. The molecular weight excluding hydrogens is 212 g/mol. The monoisotopic (exact) mass is 232 g/mol. The third-order valence-electron chi connectivity index (χ3n) is 3.38. The van der Waals surface area contributed by atoms with E-state index in [0.29, 0.717) is 6.42 Å². The SMILES string of the molecule is CC(N)CCc1ccc2c(c1)CCC(=O)N2C. The summed E-state index contributed by atoms with van der Waals surface area (Å²) in [7, 11) is 1.85. The second kappa shape index (κ2) is 4.88. The van der Waals surface area contributed by atoms with Gasteiger partial charge in [0.05, 0.1) is 0 Å². The van der Waals surface area contributed by atoms with Crippen molar-refractivity contribution in [2.45, 2.75) is 38.6 Å². The zero-order valence-corrected chi connectivity index (χ0v) is 10.6. The molecule has 1 aromatic carbocycles. The molecule has 1 aromatic rings. The van der Waals surface area contributed by atoms with Gasteiger partial charge in [-0.25, -0.2) is 0 Å². The van der Waals surface area contributed by atoms with Gasteiger partial charge < -0.3 is 10.6 Å². The summed E-state index contributed by atoms with van der Waals surface area (Å²) in [5.41, 5.74) is 9.44. The Bertz CT molecular complexity index is 426. The number of rotatable bonds is 3. The fourth-order valence-electron chi connectivity index (χ4n) is 2.26. The van der Waals surface area contributed by atoms with E-state index in [9.17, 15) is 4.79 Å². The number of carbonyl (C=O) groups excluding carboxylic acids is 1. The lowest BCUT2D eigenvalue weighted by atomic mass is 9.97. The van der Waals surface area contributed by atoms with Crippen LogP contribution in [0.3, 0.4) is 0 Å². The van der Waals surface area contributed by atoms with Gasteiger partial charge in [-0.2, -0.15) is 0 Å². The van der Waals surface area contributed by atoms with Gasteiger partial charge >= 0.3 is 0 Å². The number of fused-ring (bicyclic) bond motifs is 1. The maximum Gasteiger partial charge on any atom is 0.227 e. The molecule has 0 aliphatic carbocycles. The van der Waals surface area contributed by atoms with Crippen LogP contribution in [0.5, 0.6) is 0 Å². The highest BCUT2D eigenvalue weighted by molar-refractivity contribution is 5.95.